The third kappa shape index (κ3) is 2.88. The molecule has 104 valence electrons. The molecule has 0 aromatic carbocycles. The van der Waals surface area contributed by atoms with Crippen molar-refractivity contribution < 1.29 is 13.2 Å². The maximum absolute atomic E-state index is 12.5. The van der Waals surface area contributed by atoms with E-state index in [2.05, 4.69) is 15.5 Å². The van der Waals surface area contributed by atoms with Crippen molar-refractivity contribution >= 4 is 5.82 Å². The molecule has 2 rings (SSSR count). The lowest BCUT2D eigenvalue weighted by Gasteiger charge is -2.02. The van der Waals surface area contributed by atoms with Gasteiger partial charge in [0.05, 0.1) is 12.2 Å². The van der Waals surface area contributed by atoms with Crippen molar-refractivity contribution in [3.05, 3.63) is 29.2 Å². The summed E-state index contributed by atoms with van der Waals surface area (Å²) in [5, 5.41) is 10.6. The highest BCUT2D eigenvalue weighted by Crippen LogP contribution is 2.28. The molecule has 0 saturated heterocycles. The predicted molar refractivity (Wildman–Crippen MR) is 63.5 cm³/mol. The van der Waals surface area contributed by atoms with Gasteiger partial charge in [0.2, 0.25) is 0 Å². The molecule has 0 aliphatic carbocycles. The SMILES string of the molecule is Cc1cc(NCc2cc(C(F)(F)F)nn2C)nn1C. The molecular formula is C11H14F3N5. The first kappa shape index (κ1) is 13.4. The highest BCUT2D eigenvalue weighted by molar-refractivity contribution is 5.36. The number of halogens is 3. The molecule has 19 heavy (non-hydrogen) atoms. The smallest absolute Gasteiger partial charge is 0.363 e. The van der Waals surface area contributed by atoms with E-state index in [9.17, 15) is 13.2 Å². The van der Waals surface area contributed by atoms with E-state index in [0.29, 0.717) is 11.5 Å². The minimum absolute atomic E-state index is 0.232. The summed E-state index contributed by atoms with van der Waals surface area (Å²) in [6.07, 6.45) is -4.42. The van der Waals surface area contributed by atoms with Crippen LogP contribution in [0.2, 0.25) is 0 Å². The van der Waals surface area contributed by atoms with Gasteiger partial charge in [-0.3, -0.25) is 9.36 Å². The Morgan fingerprint density at radius 3 is 2.32 bits per heavy atom. The van der Waals surface area contributed by atoms with Crippen LogP contribution in [0.15, 0.2) is 12.1 Å². The van der Waals surface area contributed by atoms with Crippen LogP contribution in [0.25, 0.3) is 0 Å². The molecule has 2 heterocycles. The van der Waals surface area contributed by atoms with Crippen LogP contribution in [0, 0.1) is 6.92 Å². The Bertz CT molecular complexity index is 562. The second kappa shape index (κ2) is 4.60. The van der Waals surface area contributed by atoms with E-state index in [1.54, 1.807) is 11.7 Å². The maximum Gasteiger partial charge on any atom is 0.435 e. The molecule has 0 amide bonds. The van der Waals surface area contributed by atoms with Gasteiger partial charge in [-0.15, -0.1) is 0 Å². The van der Waals surface area contributed by atoms with Crippen LogP contribution in [-0.2, 0) is 26.8 Å². The molecule has 0 bridgehead atoms. The molecule has 5 nitrogen and oxygen atoms in total. The fraction of sp³-hybridized carbons (Fsp3) is 0.455. The van der Waals surface area contributed by atoms with E-state index in [0.717, 1.165) is 11.8 Å². The zero-order valence-electron chi connectivity index (χ0n) is 10.8. The Balaban J connectivity index is 2.09. The van der Waals surface area contributed by atoms with Crippen LogP contribution >= 0.6 is 0 Å². The van der Waals surface area contributed by atoms with Gasteiger partial charge in [0, 0.05) is 25.9 Å². The Morgan fingerprint density at radius 2 is 1.84 bits per heavy atom. The Kier molecular flexibility index (Phi) is 3.25. The first-order valence-corrected chi connectivity index (χ1v) is 5.62. The van der Waals surface area contributed by atoms with Crippen molar-refractivity contribution in [3.8, 4) is 0 Å². The monoisotopic (exact) mass is 273 g/mol. The molecule has 0 fully saturated rings. The highest BCUT2D eigenvalue weighted by Gasteiger charge is 2.34. The first-order chi connectivity index (χ1) is 8.77. The van der Waals surface area contributed by atoms with E-state index >= 15 is 0 Å². The molecule has 0 spiro atoms. The molecule has 0 aliphatic heterocycles. The quantitative estimate of drug-likeness (QED) is 0.931. The van der Waals surface area contributed by atoms with Gasteiger partial charge in [-0.05, 0) is 13.0 Å². The summed E-state index contributed by atoms with van der Waals surface area (Å²) in [6.45, 7) is 2.13. The Labute approximate surface area is 108 Å². The molecule has 0 unspecified atom stereocenters. The molecule has 8 heteroatoms. The topological polar surface area (TPSA) is 47.7 Å². The Hall–Kier alpha value is -1.99. The number of rotatable bonds is 3. The number of nitrogens with zero attached hydrogens (tertiary/aromatic N) is 4. The third-order valence-corrected chi connectivity index (χ3v) is 2.83. The summed E-state index contributed by atoms with van der Waals surface area (Å²) in [5.41, 5.74) is 0.517. The number of hydrogen-bond acceptors (Lipinski definition) is 3. The van der Waals surface area contributed by atoms with Crippen LogP contribution in [0.1, 0.15) is 17.1 Å². The van der Waals surface area contributed by atoms with Gasteiger partial charge >= 0.3 is 6.18 Å². The largest absolute Gasteiger partial charge is 0.435 e. The number of aromatic nitrogens is 4. The number of anilines is 1. The molecule has 0 radical (unpaired) electrons. The second-order valence-corrected chi connectivity index (χ2v) is 4.29. The minimum atomic E-state index is -4.42. The number of hydrogen-bond donors (Lipinski definition) is 1. The van der Waals surface area contributed by atoms with Crippen LogP contribution in [0.5, 0.6) is 0 Å². The number of nitrogens with one attached hydrogen (secondary N) is 1. The average molecular weight is 273 g/mol. The van der Waals surface area contributed by atoms with Gasteiger partial charge < -0.3 is 5.32 Å². The zero-order valence-corrected chi connectivity index (χ0v) is 10.8. The second-order valence-electron chi connectivity index (χ2n) is 4.29. The lowest BCUT2D eigenvalue weighted by atomic mass is 10.3. The van der Waals surface area contributed by atoms with E-state index in [1.165, 1.54) is 11.7 Å². The number of aryl methyl sites for hydroxylation is 3. The van der Waals surface area contributed by atoms with Crippen LogP contribution in [0.3, 0.4) is 0 Å². The first-order valence-electron chi connectivity index (χ1n) is 5.62. The average Bonchev–Trinajstić information content (AvgIpc) is 2.80. The van der Waals surface area contributed by atoms with Crippen LogP contribution in [-0.4, -0.2) is 19.6 Å². The fourth-order valence-electron chi connectivity index (χ4n) is 1.64. The van der Waals surface area contributed by atoms with Gasteiger partial charge in [0.15, 0.2) is 5.69 Å². The van der Waals surface area contributed by atoms with Crippen LogP contribution in [0.4, 0.5) is 19.0 Å². The summed E-state index contributed by atoms with van der Waals surface area (Å²) < 4.78 is 40.4. The fourth-order valence-corrected chi connectivity index (χ4v) is 1.64. The minimum Gasteiger partial charge on any atom is -0.363 e. The summed E-state index contributed by atoms with van der Waals surface area (Å²) >= 11 is 0. The molecule has 0 atom stereocenters. The summed E-state index contributed by atoms with van der Waals surface area (Å²) in [5.74, 6) is 0.620. The van der Waals surface area contributed by atoms with Gasteiger partial charge in [-0.2, -0.15) is 23.4 Å². The van der Waals surface area contributed by atoms with E-state index in [1.807, 2.05) is 13.0 Å². The standard InChI is InChI=1S/C11H14F3N5/c1-7-4-10(17-18(7)2)15-6-8-5-9(11(12,13)14)16-19(8)3/h4-5H,6H2,1-3H3,(H,15,17). The van der Waals surface area contributed by atoms with Crippen molar-refractivity contribution in [2.24, 2.45) is 14.1 Å². The lowest BCUT2D eigenvalue weighted by Crippen LogP contribution is -2.07. The maximum atomic E-state index is 12.5. The van der Waals surface area contributed by atoms with Crippen molar-refractivity contribution in [3.63, 3.8) is 0 Å². The van der Waals surface area contributed by atoms with Crippen molar-refractivity contribution in [2.75, 3.05) is 5.32 Å². The predicted octanol–water partition coefficient (Wildman–Crippen LogP) is 2.09. The number of alkyl halides is 3. The Morgan fingerprint density at radius 1 is 1.16 bits per heavy atom. The van der Waals surface area contributed by atoms with Gasteiger partial charge in [-0.25, -0.2) is 0 Å². The molecule has 2 aromatic rings. The van der Waals surface area contributed by atoms with Gasteiger partial charge in [0.1, 0.15) is 5.82 Å². The summed E-state index contributed by atoms with van der Waals surface area (Å²) in [4.78, 5) is 0. The van der Waals surface area contributed by atoms with E-state index in [4.69, 9.17) is 0 Å². The zero-order chi connectivity index (χ0) is 14.2. The third-order valence-electron chi connectivity index (χ3n) is 2.83. The van der Waals surface area contributed by atoms with Crippen molar-refractivity contribution in [1.82, 2.24) is 19.6 Å². The summed E-state index contributed by atoms with van der Waals surface area (Å²) in [7, 11) is 3.28. The van der Waals surface area contributed by atoms with Crippen LogP contribution < -0.4 is 5.32 Å². The molecule has 0 aliphatic rings. The van der Waals surface area contributed by atoms with Gasteiger partial charge in [0.25, 0.3) is 0 Å². The molecule has 0 saturated carbocycles. The van der Waals surface area contributed by atoms with Crippen molar-refractivity contribution in [1.29, 1.82) is 0 Å². The molecular weight excluding hydrogens is 259 g/mol. The lowest BCUT2D eigenvalue weighted by molar-refractivity contribution is -0.141. The molecule has 1 N–H and O–H groups in total. The van der Waals surface area contributed by atoms with E-state index in [-0.39, 0.29) is 6.54 Å². The highest BCUT2D eigenvalue weighted by atomic mass is 19.4. The van der Waals surface area contributed by atoms with Gasteiger partial charge in [-0.1, -0.05) is 0 Å². The normalized spacial score (nSPS) is 11.9. The summed E-state index contributed by atoms with van der Waals surface area (Å²) in [6, 6.07) is 2.85. The van der Waals surface area contributed by atoms with Crippen molar-refractivity contribution in [2.45, 2.75) is 19.6 Å². The molecule has 2 aromatic heterocycles. The van der Waals surface area contributed by atoms with E-state index < -0.39 is 11.9 Å².